The van der Waals surface area contributed by atoms with Crippen LogP contribution < -0.4 is 16.0 Å². The van der Waals surface area contributed by atoms with E-state index < -0.39 is 11.8 Å². The van der Waals surface area contributed by atoms with Gasteiger partial charge in [0.15, 0.2) is 0 Å². The normalized spacial score (nSPS) is 9.92. The highest BCUT2D eigenvalue weighted by Crippen LogP contribution is 2.18. The summed E-state index contributed by atoms with van der Waals surface area (Å²) in [7, 11) is 0. The van der Waals surface area contributed by atoms with Crippen LogP contribution >= 0.6 is 0 Å². The minimum absolute atomic E-state index is 0.324. The number of amides is 2. The molecule has 0 atom stereocenters. The van der Waals surface area contributed by atoms with Gasteiger partial charge in [-0.1, -0.05) is 24.3 Å². The summed E-state index contributed by atoms with van der Waals surface area (Å²) in [6.45, 7) is 0. The molecule has 0 radical (unpaired) electrons. The molecule has 1 aromatic heterocycles. The fourth-order valence-electron chi connectivity index (χ4n) is 2.12. The second kappa shape index (κ2) is 7.74. The molecule has 0 unspecified atom stereocenters. The number of hydrogen-bond acceptors (Lipinski definition) is 4. The number of pyridine rings is 1. The van der Waals surface area contributed by atoms with Crippen LogP contribution in [-0.4, -0.2) is 16.8 Å². The van der Waals surface area contributed by atoms with Crippen LogP contribution in [0.25, 0.3) is 0 Å². The van der Waals surface area contributed by atoms with Crippen molar-refractivity contribution in [2.75, 3.05) is 16.0 Å². The molecule has 6 heteroatoms. The molecule has 0 spiro atoms. The molecule has 0 saturated heterocycles. The van der Waals surface area contributed by atoms with Gasteiger partial charge in [-0.2, -0.15) is 0 Å². The molecule has 0 bridgehead atoms. The van der Waals surface area contributed by atoms with E-state index in [-0.39, 0.29) is 0 Å². The van der Waals surface area contributed by atoms with E-state index in [1.165, 1.54) is 6.20 Å². The summed E-state index contributed by atoms with van der Waals surface area (Å²) in [6, 6.07) is 21.9. The van der Waals surface area contributed by atoms with Gasteiger partial charge < -0.3 is 16.0 Å². The van der Waals surface area contributed by atoms with Gasteiger partial charge in [0.05, 0.1) is 0 Å². The van der Waals surface area contributed by atoms with Crippen LogP contribution in [-0.2, 0) is 9.59 Å². The summed E-state index contributed by atoms with van der Waals surface area (Å²) in [4.78, 5) is 27.7. The van der Waals surface area contributed by atoms with Crippen LogP contribution in [0, 0.1) is 0 Å². The van der Waals surface area contributed by atoms with Gasteiger partial charge in [0.2, 0.25) is 0 Å². The Bertz CT molecular complexity index is 850. The van der Waals surface area contributed by atoms with Crippen molar-refractivity contribution in [1.29, 1.82) is 0 Å². The quantitative estimate of drug-likeness (QED) is 0.639. The molecule has 1 heterocycles. The van der Waals surface area contributed by atoms with Crippen molar-refractivity contribution in [2.24, 2.45) is 0 Å². The molecule has 2 aromatic carbocycles. The van der Waals surface area contributed by atoms with Crippen molar-refractivity contribution in [3.8, 4) is 0 Å². The maximum Gasteiger partial charge on any atom is 0.315 e. The highest BCUT2D eigenvalue weighted by Gasteiger charge is 2.14. The predicted molar refractivity (Wildman–Crippen MR) is 97.7 cm³/mol. The number of hydrogen-bond donors (Lipinski definition) is 3. The molecule has 0 aliphatic carbocycles. The summed E-state index contributed by atoms with van der Waals surface area (Å²) in [6.07, 6.45) is 1.53. The second-order valence-corrected chi connectivity index (χ2v) is 5.19. The maximum atomic E-state index is 11.9. The maximum absolute atomic E-state index is 11.9. The zero-order chi connectivity index (χ0) is 17.5. The Balaban J connectivity index is 1.57. The number of aromatic nitrogens is 1. The molecule has 3 aromatic rings. The molecule has 25 heavy (non-hydrogen) atoms. The molecule has 124 valence electrons. The van der Waals surface area contributed by atoms with Gasteiger partial charge in [-0.25, -0.2) is 4.98 Å². The monoisotopic (exact) mass is 332 g/mol. The fourth-order valence-corrected chi connectivity index (χ4v) is 2.12. The molecule has 3 rings (SSSR count). The van der Waals surface area contributed by atoms with Crippen LogP contribution in [0.15, 0.2) is 79.0 Å². The molecule has 3 N–H and O–H groups in total. The smallest absolute Gasteiger partial charge is 0.315 e. The average Bonchev–Trinajstić information content (AvgIpc) is 2.65. The number of nitrogens with zero attached hydrogens (tertiary/aromatic N) is 1. The van der Waals surface area contributed by atoms with E-state index in [0.29, 0.717) is 11.5 Å². The summed E-state index contributed by atoms with van der Waals surface area (Å²) in [5.74, 6) is -1.20. The van der Waals surface area contributed by atoms with E-state index in [9.17, 15) is 9.59 Å². The molecule has 0 aliphatic rings. The molecule has 0 fully saturated rings. The minimum Gasteiger partial charge on any atom is -0.356 e. The van der Waals surface area contributed by atoms with Crippen LogP contribution in [0.2, 0.25) is 0 Å². The molecule has 6 nitrogen and oxygen atoms in total. The highest BCUT2D eigenvalue weighted by molar-refractivity contribution is 6.43. The third-order valence-electron chi connectivity index (χ3n) is 3.32. The van der Waals surface area contributed by atoms with E-state index in [1.807, 2.05) is 42.5 Å². The molecule has 2 amide bonds. The Kier molecular flexibility index (Phi) is 5.01. The SMILES string of the molecule is O=C(Nc1ccc(Nc2ccccc2)cc1)C(=O)Nc1ccccn1. The Morgan fingerprint density at radius 1 is 0.640 bits per heavy atom. The second-order valence-electron chi connectivity index (χ2n) is 5.19. The Morgan fingerprint density at radius 3 is 1.92 bits per heavy atom. The number of rotatable bonds is 4. The topological polar surface area (TPSA) is 83.1 Å². The number of carbonyl (C=O) groups excluding carboxylic acids is 2. The summed E-state index contributed by atoms with van der Waals surface area (Å²) in [5, 5.41) is 8.22. The van der Waals surface area contributed by atoms with Crippen molar-refractivity contribution in [1.82, 2.24) is 4.98 Å². The molecule has 0 saturated carbocycles. The average molecular weight is 332 g/mol. The number of para-hydroxylation sites is 1. The number of nitrogens with one attached hydrogen (secondary N) is 3. The summed E-state index contributed by atoms with van der Waals surface area (Å²) < 4.78 is 0. The van der Waals surface area contributed by atoms with E-state index in [0.717, 1.165) is 11.4 Å². The summed E-state index contributed by atoms with van der Waals surface area (Å²) in [5.41, 5.74) is 2.37. The molecular formula is C19H16N4O2. The van der Waals surface area contributed by atoms with Gasteiger partial charge >= 0.3 is 11.8 Å². The van der Waals surface area contributed by atoms with Gasteiger partial charge in [0.1, 0.15) is 5.82 Å². The van der Waals surface area contributed by atoms with Gasteiger partial charge in [0.25, 0.3) is 0 Å². The van der Waals surface area contributed by atoms with Crippen molar-refractivity contribution in [2.45, 2.75) is 0 Å². The molecular weight excluding hydrogens is 316 g/mol. The Labute approximate surface area is 144 Å². The van der Waals surface area contributed by atoms with Crippen LogP contribution in [0.5, 0.6) is 0 Å². The Morgan fingerprint density at radius 2 is 1.24 bits per heavy atom. The largest absolute Gasteiger partial charge is 0.356 e. The van der Waals surface area contributed by atoms with E-state index >= 15 is 0 Å². The lowest BCUT2D eigenvalue weighted by Crippen LogP contribution is -2.29. The van der Waals surface area contributed by atoms with Crippen LogP contribution in [0.3, 0.4) is 0 Å². The third-order valence-corrected chi connectivity index (χ3v) is 3.32. The standard InChI is InChI=1S/C19H16N4O2/c24-18(19(25)23-17-8-4-5-13-20-17)22-16-11-9-15(10-12-16)21-14-6-2-1-3-7-14/h1-13,21H,(H,22,24)(H,20,23,25). The van der Waals surface area contributed by atoms with E-state index in [1.54, 1.807) is 30.3 Å². The minimum atomic E-state index is -0.773. The Hall–Kier alpha value is -3.67. The number of anilines is 4. The first-order valence-corrected chi connectivity index (χ1v) is 7.66. The van der Waals surface area contributed by atoms with Gasteiger partial charge in [-0.3, -0.25) is 9.59 Å². The van der Waals surface area contributed by atoms with Crippen molar-refractivity contribution < 1.29 is 9.59 Å². The third kappa shape index (κ3) is 4.65. The van der Waals surface area contributed by atoms with Crippen molar-refractivity contribution in [3.05, 3.63) is 79.0 Å². The predicted octanol–water partition coefficient (Wildman–Crippen LogP) is 3.40. The van der Waals surface area contributed by atoms with Crippen LogP contribution in [0.1, 0.15) is 0 Å². The van der Waals surface area contributed by atoms with E-state index in [4.69, 9.17) is 0 Å². The first-order chi connectivity index (χ1) is 12.2. The molecule has 0 aliphatic heterocycles. The lowest BCUT2D eigenvalue weighted by molar-refractivity contribution is -0.133. The number of carbonyl (C=O) groups is 2. The zero-order valence-corrected chi connectivity index (χ0v) is 13.3. The van der Waals surface area contributed by atoms with Crippen LogP contribution in [0.4, 0.5) is 22.9 Å². The van der Waals surface area contributed by atoms with E-state index in [2.05, 4.69) is 20.9 Å². The van der Waals surface area contributed by atoms with Crippen molar-refractivity contribution >= 4 is 34.7 Å². The fraction of sp³-hybridized carbons (Fsp3) is 0. The lowest BCUT2D eigenvalue weighted by Gasteiger charge is -2.08. The summed E-state index contributed by atoms with van der Waals surface area (Å²) >= 11 is 0. The lowest BCUT2D eigenvalue weighted by atomic mass is 10.2. The van der Waals surface area contributed by atoms with Crippen molar-refractivity contribution in [3.63, 3.8) is 0 Å². The van der Waals surface area contributed by atoms with Gasteiger partial charge in [-0.05, 0) is 48.5 Å². The van der Waals surface area contributed by atoms with Gasteiger partial charge in [0, 0.05) is 23.3 Å². The number of benzene rings is 2. The first-order valence-electron chi connectivity index (χ1n) is 7.66. The van der Waals surface area contributed by atoms with Gasteiger partial charge in [-0.15, -0.1) is 0 Å². The first kappa shape index (κ1) is 16.2. The highest BCUT2D eigenvalue weighted by atomic mass is 16.2. The zero-order valence-electron chi connectivity index (χ0n) is 13.3.